The van der Waals surface area contributed by atoms with Crippen LogP contribution in [0.5, 0.6) is 0 Å². The van der Waals surface area contributed by atoms with E-state index in [0.29, 0.717) is 18.0 Å². The predicted octanol–water partition coefficient (Wildman–Crippen LogP) is 4.02. The molecule has 18 heavy (non-hydrogen) atoms. The molecule has 0 aliphatic heterocycles. The van der Waals surface area contributed by atoms with Gasteiger partial charge in [0.15, 0.2) is 5.78 Å². The highest BCUT2D eigenvalue weighted by molar-refractivity contribution is 6.30. The Kier molecular flexibility index (Phi) is 4.37. The molecule has 1 N–H and O–H groups in total. The van der Waals surface area contributed by atoms with Gasteiger partial charge in [-0.1, -0.05) is 41.9 Å². The summed E-state index contributed by atoms with van der Waals surface area (Å²) in [5.41, 5.74) is 1.73. The Balaban J connectivity index is 1.82. The first kappa shape index (κ1) is 12.7. The second-order valence-electron chi connectivity index (χ2n) is 3.97. The van der Waals surface area contributed by atoms with Crippen LogP contribution in [0.15, 0.2) is 54.6 Å². The van der Waals surface area contributed by atoms with Gasteiger partial charge in [-0.3, -0.25) is 4.79 Å². The number of hydrogen-bond donors (Lipinski definition) is 1. The molecule has 92 valence electrons. The molecule has 0 heterocycles. The standard InChI is InChI=1S/C15H14ClNO/c16-13-6-8-14(9-7-13)17-11-10-15(18)12-4-2-1-3-5-12/h1-9,17H,10-11H2. The molecule has 2 aromatic rings. The van der Waals surface area contributed by atoms with Crippen LogP contribution in [0, 0.1) is 0 Å². The van der Waals surface area contributed by atoms with Crippen molar-refractivity contribution in [2.45, 2.75) is 6.42 Å². The Labute approximate surface area is 112 Å². The largest absolute Gasteiger partial charge is 0.385 e. The summed E-state index contributed by atoms with van der Waals surface area (Å²) >= 11 is 5.79. The fraction of sp³-hybridized carbons (Fsp3) is 0.133. The molecule has 2 nitrogen and oxygen atoms in total. The Hall–Kier alpha value is -1.80. The van der Waals surface area contributed by atoms with E-state index >= 15 is 0 Å². The van der Waals surface area contributed by atoms with E-state index in [4.69, 9.17) is 11.6 Å². The number of rotatable bonds is 5. The molecule has 0 unspecified atom stereocenters. The summed E-state index contributed by atoms with van der Waals surface area (Å²) in [5.74, 6) is 0.150. The Morgan fingerprint density at radius 1 is 1.00 bits per heavy atom. The SMILES string of the molecule is O=C(CCNc1ccc(Cl)cc1)c1ccccc1. The molecular weight excluding hydrogens is 246 g/mol. The third kappa shape index (κ3) is 3.60. The second kappa shape index (κ2) is 6.22. The van der Waals surface area contributed by atoms with E-state index in [1.165, 1.54) is 0 Å². The number of anilines is 1. The van der Waals surface area contributed by atoms with Crippen LogP contribution in [0.3, 0.4) is 0 Å². The quantitative estimate of drug-likeness (QED) is 0.822. The highest BCUT2D eigenvalue weighted by Gasteiger charge is 2.03. The Morgan fingerprint density at radius 2 is 1.67 bits per heavy atom. The monoisotopic (exact) mass is 259 g/mol. The van der Waals surface area contributed by atoms with Crippen molar-refractivity contribution >= 4 is 23.1 Å². The molecule has 0 aliphatic rings. The van der Waals surface area contributed by atoms with E-state index in [9.17, 15) is 4.79 Å². The highest BCUT2D eigenvalue weighted by Crippen LogP contribution is 2.13. The van der Waals surface area contributed by atoms with Gasteiger partial charge in [0.1, 0.15) is 0 Å². The lowest BCUT2D eigenvalue weighted by Crippen LogP contribution is -2.08. The molecule has 0 bridgehead atoms. The molecule has 0 aromatic heterocycles. The van der Waals surface area contributed by atoms with Crippen LogP contribution in [-0.4, -0.2) is 12.3 Å². The fourth-order valence-corrected chi connectivity index (χ4v) is 1.78. The molecule has 0 saturated heterocycles. The van der Waals surface area contributed by atoms with Gasteiger partial charge in [-0.2, -0.15) is 0 Å². The van der Waals surface area contributed by atoms with Gasteiger partial charge in [-0.15, -0.1) is 0 Å². The maximum Gasteiger partial charge on any atom is 0.164 e. The van der Waals surface area contributed by atoms with Gasteiger partial charge < -0.3 is 5.32 Å². The van der Waals surface area contributed by atoms with E-state index in [1.54, 1.807) is 0 Å². The Bertz CT molecular complexity index is 508. The normalized spacial score (nSPS) is 10.1. The minimum Gasteiger partial charge on any atom is -0.385 e. The van der Waals surface area contributed by atoms with Crippen molar-refractivity contribution < 1.29 is 4.79 Å². The van der Waals surface area contributed by atoms with Gasteiger partial charge in [-0.25, -0.2) is 0 Å². The van der Waals surface area contributed by atoms with E-state index in [0.717, 1.165) is 11.3 Å². The summed E-state index contributed by atoms with van der Waals surface area (Å²) in [6.45, 7) is 0.620. The first-order valence-electron chi connectivity index (χ1n) is 5.83. The highest BCUT2D eigenvalue weighted by atomic mass is 35.5. The van der Waals surface area contributed by atoms with E-state index < -0.39 is 0 Å². The summed E-state index contributed by atoms with van der Waals surface area (Å²) < 4.78 is 0. The van der Waals surface area contributed by atoms with Gasteiger partial charge >= 0.3 is 0 Å². The number of nitrogens with one attached hydrogen (secondary N) is 1. The number of Topliss-reactive ketones (excluding diaryl/α,β-unsaturated/α-hetero) is 1. The summed E-state index contributed by atoms with van der Waals surface area (Å²) in [7, 11) is 0. The minimum absolute atomic E-state index is 0.150. The molecule has 0 fully saturated rings. The lowest BCUT2D eigenvalue weighted by Gasteiger charge is -2.05. The van der Waals surface area contributed by atoms with Crippen molar-refractivity contribution in [3.8, 4) is 0 Å². The van der Waals surface area contributed by atoms with Crippen LogP contribution in [0.1, 0.15) is 16.8 Å². The lowest BCUT2D eigenvalue weighted by atomic mass is 10.1. The fourth-order valence-electron chi connectivity index (χ4n) is 1.66. The second-order valence-corrected chi connectivity index (χ2v) is 4.41. The molecule has 2 rings (SSSR count). The van der Waals surface area contributed by atoms with Crippen LogP contribution in [0.2, 0.25) is 5.02 Å². The van der Waals surface area contributed by atoms with Crippen molar-refractivity contribution in [1.29, 1.82) is 0 Å². The molecule has 0 amide bonds. The summed E-state index contributed by atoms with van der Waals surface area (Å²) in [6.07, 6.45) is 0.479. The zero-order chi connectivity index (χ0) is 12.8. The maximum absolute atomic E-state index is 11.8. The van der Waals surface area contributed by atoms with Crippen LogP contribution in [-0.2, 0) is 0 Å². The van der Waals surface area contributed by atoms with E-state index in [2.05, 4.69) is 5.32 Å². The average Bonchev–Trinajstić information content (AvgIpc) is 2.42. The zero-order valence-electron chi connectivity index (χ0n) is 9.90. The average molecular weight is 260 g/mol. The van der Waals surface area contributed by atoms with Gasteiger partial charge in [-0.05, 0) is 24.3 Å². The van der Waals surface area contributed by atoms with Gasteiger partial charge in [0.2, 0.25) is 0 Å². The van der Waals surface area contributed by atoms with Gasteiger partial charge in [0.05, 0.1) is 0 Å². The molecule has 2 aromatic carbocycles. The third-order valence-electron chi connectivity index (χ3n) is 2.62. The van der Waals surface area contributed by atoms with E-state index in [1.807, 2.05) is 54.6 Å². The van der Waals surface area contributed by atoms with Gasteiger partial charge in [0.25, 0.3) is 0 Å². The van der Waals surface area contributed by atoms with Crippen LogP contribution in [0.25, 0.3) is 0 Å². The number of benzene rings is 2. The third-order valence-corrected chi connectivity index (χ3v) is 2.87. The summed E-state index contributed by atoms with van der Waals surface area (Å²) in [6, 6.07) is 16.8. The summed E-state index contributed by atoms with van der Waals surface area (Å²) in [5, 5.41) is 3.90. The van der Waals surface area contributed by atoms with Gasteiger partial charge in [0, 0.05) is 29.2 Å². The van der Waals surface area contributed by atoms with Crippen LogP contribution in [0.4, 0.5) is 5.69 Å². The molecular formula is C15H14ClNO. The predicted molar refractivity (Wildman–Crippen MR) is 75.3 cm³/mol. The number of halogens is 1. The zero-order valence-corrected chi connectivity index (χ0v) is 10.7. The Morgan fingerprint density at radius 3 is 2.33 bits per heavy atom. The smallest absolute Gasteiger partial charge is 0.164 e. The first-order valence-corrected chi connectivity index (χ1v) is 6.21. The van der Waals surface area contributed by atoms with Crippen molar-refractivity contribution in [3.05, 3.63) is 65.2 Å². The molecule has 0 radical (unpaired) electrons. The van der Waals surface area contributed by atoms with Crippen LogP contribution >= 0.6 is 11.6 Å². The molecule has 0 atom stereocenters. The molecule has 0 aliphatic carbocycles. The number of hydrogen-bond acceptors (Lipinski definition) is 2. The first-order chi connectivity index (χ1) is 8.75. The number of ketones is 1. The van der Waals surface area contributed by atoms with Crippen molar-refractivity contribution in [2.75, 3.05) is 11.9 Å². The van der Waals surface area contributed by atoms with Crippen molar-refractivity contribution in [1.82, 2.24) is 0 Å². The maximum atomic E-state index is 11.8. The number of carbonyl (C=O) groups excluding carboxylic acids is 1. The minimum atomic E-state index is 0.150. The van der Waals surface area contributed by atoms with Crippen molar-refractivity contribution in [2.24, 2.45) is 0 Å². The summed E-state index contributed by atoms with van der Waals surface area (Å²) in [4.78, 5) is 11.8. The lowest BCUT2D eigenvalue weighted by molar-refractivity contribution is 0.0986. The molecule has 0 spiro atoms. The van der Waals surface area contributed by atoms with E-state index in [-0.39, 0.29) is 5.78 Å². The van der Waals surface area contributed by atoms with Crippen molar-refractivity contribution in [3.63, 3.8) is 0 Å². The molecule has 3 heteroatoms. The number of carbonyl (C=O) groups is 1. The molecule has 0 saturated carbocycles. The topological polar surface area (TPSA) is 29.1 Å². The van der Waals surface area contributed by atoms with Crippen LogP contribution < -0.4 is 5.32 Å².